The van der Waals surface area contributed by atoms with Gasteiger partial charge in [0.15, 0.2) is 0 Å². The van der Waals surface area contributed by atoms with E-state index >= 15 is 0 Å². The van der Waals surface area contributed by atoms with Gasteiger partial charge < -0.3 is 15.0 Å². The fraction of sp³-hybridized carbons (Fsp3) is 0.423. The molecule has 1 fully saturated rings. The van der Waals surface area contributed by atoms with Crippen LogP contribution in [0, 0.1) is 11.6 Å². The van der Waals surface area contributed by atoms with E-state index in [9.17, 15) is 18.4 Å². The van der Waals surface area contributed by atoms with E-state index in [0.717, 1.165) is 13.1 Å². The van der Waals surface area contributed by atoms with Crippen LogP contribution >= 0.6 is 0 Å². The molecule has 36 heavy (non-hydrogen) atoms. The Morgan fingerprint density at radius 2 is 1.83 bits per heavy atom. The lowest BCUT2D eigenvalue weighted by Crippen LogP contribution is -2.49. The number of nitrogens with one attached hydrogen (secondary N) is 1. The van der Waals surface area contributed by atoms with Gasteiger partial charge in [-0.2, -0.15) is 5.10 Å². The molecule has 3 amide bonds. The van der Waals surface area contributed by atoms with Crippen molar-refractivity contribution >= 4 is 17.6 Å². The number of hydrogen-bond acceptors (Lipinski definition) is 5. The van der Waals surface area contributed by atoms with Gasteiger partial charge in [-0.15, -0.1) is 0 Å². The van der Waals surface area contributed by atoms with Gasteiger partial charge in [0.25, 0.3) is 5.91 Å². The van der Waals surface area contributed by atoms with Gasteiger partial charge in [0, 0.05) is 44.7 Å². The molecule has 0 aliphatic carbocycles. The Labute approximate surface area is 209 Å². The minimum Gasteiger partial charge on any atom is -0.379 e. The molecule has 1 atom stereocenters. The first-order valence-corrected chi connectivity index (χ1v) is 12.2. The normalized spacial score (nSPS) is 18.1. The second kappa shape index (κ2) is 12.0. The molecule has 2 heterocycles. The van der Waals surface area contributed by atoms with Crippen LogP contribution in [0.5, 0.6) is 0 Å². The van der Waals surface area contributed by atoms with Gasteiger partial charge in [0.05, 0.1) is 25.0 Å². The number of urea groups is 1. The molecule has 2 aliphatic rings. The van der Waals surface area contributed by atoms with E-state index in [0.29, 0.717) is 49.7 Å². The molecule has 4 rings (SSSR count). The van der Waals surface area contributed by atoms with Gasteiger partial charge in [0.2, 0.25) is 0 Å². The van der Waals surface area contributed by atoms with Crippen molar-refractivity contribution in [1.82, 2.24) is 20.1 Å². The summed E-state index contributed by atoms with van der Waals surface area (Å²) in [6, 6.07) is 11.1. The van der Waals surface area contributed by atoms with Gasteiger partial charge >= 0.3 is 6.03 Å². The van der Waals surface area contributed by atoms with E-state index in [4.69, 9.17) is 4.74 Å². The van der Waals surface area contributed by atoms with Crippen LogP contribution in [0.4, 0.5) is 13.6 Å². The Balaban J connectivity index is 1.56. The highest BCUT2D eigenvalue weighted by Crippen LogP contribution is 2.34. The van der Waals surface area contributed by atoms with E-state index in [2.05, 4.69) is 15.3 Å². The minimum atomic E-state index is -0.672. The molecule has 0 unspecified atom stereocenters. The lowest BCUT2D eigenvalue weighted by atomic mass is 9.98. The molecule has 2 aromatic carbocycles. The summed E-state index contributed by atoms with van der Waals surface area (Å²) in [4.78, 5) is 29.9. The molecular weight excluding hydrogens is 468 g/mol. The zero-order valence-electron chi connectivity index (χ0n) is 20.3. The Morgan fingerprint density at radius 1 is 1.11 bits per heavy atom. The molecule has 2 aliphatic heterocycles. The maximum atomic E-state index is 14.7. The van der Waals surface area contributed by atoms with Crippen LogP contribution in [-0.4, -0.2) is 84.9 Å². The second-order valence-electron chi connectivity index (χ2n) is 8.74. The summed E-state index contributed by atoms with van der Waals surface area (Å²) in [5, 5.41) is 8.55. The first kappa shape index (κ1) is 25.7. The molecule has 0 spiro atoms. The summed E-state index contributed by atoms with van der Waals surface area (Å²) in [7, 11) is 0. The number of halogens is 2. The number of amides is 3. The van der Waals surface area contributed by atoms with Crippen molar-refractivity contribution in [1.29, 1.82) is 0 Å². The van der Waals surface area contributed by atoms with E-state index in [1.54, 1.807) is 30.3 Å². The molecule has 1 saturated heterocycles. The van der Waals surface area contributed by atoms with Crippen molar-refractivity contribution in [3.8, 4) is 0 Å². The summed E-state index contributed by atoms with van der Waals surface area (Å²) >= 11 is 0. The number of carbonyl (C=O) groups is 2. The van der Waals surface area contributed by atoms with Crippen LogP contribution < -0.4 is 5.32 Å². The molecule has 0 bridgehead atoms. The molecule has 1 N–H and O–H groups in total. The van der Waals surface area contributed by atoms with Crippen molar-refractivity contribution in [2.75, 3.05) is 52.5 Å². The van der Waals surface area contributed by atoms with Crippen LogP contribution in [0.3, 0.4) is 0 Å². The molecule has 192 valence electrons. The summed E-state index contributed by atoms with van der Waals surface area (Å²) in [5.41, 5.74) is 1.54. The molecule has 0 saturated carbocycles. The smallest absolute Gasteiger partial charge is 0.317 e. The quantitative estimate of drug-likeness (QED) is 0.606. The van der Waals surface area contributed by atoms with Crippen molar-refractivity contribution in [3.63, 3.8) is 0 Å². The zero-order chi connectivity index (χ0) is 25.5. The largest absolute Gasteiger partial charge is 0.379 e. The number of morpholine rings is 1. The highest BCUT2D eigenvalue weighted by molar-refractivity contribution is 6.03. The molecule has 0 radical (unpaired) electrons. The van der Waals surface area contributed by atoms with Gasteiger partial charge in [-0.25, -0.2) is 18.6 Å². The molecule has 10 heteroatoms. The molecule has 2 aromatic rings. The standard InChI is InChI=1S/C26H31F2N5O3/c1-2-29-26(35)32(12-11-31-13-15-36-16-14-31)18-25(34)33-24(21-5-3-4-6-22(21)28)17-23(30-33)19-7-9-20(27)10-8-19/h3-10,24H,2,11-18H2,1H3,(H,29,35)/t24-/m0/s1. The SMILES string of the molecule is CCNC(=O)N(CCN1CCOCC1)CC(=O)N1N=C(c2ccc(F)cc2)C[C@H]1c1ccccc1F. The third kappa shape index (κ3) is 6.24. The van der Waals surface area contributed by atoms with Gasteiger partial charge in [-0.3, -0.25) is 9.69 Å². The third-order valence-electron chi connectivity index (χ3n) is 6.34. The van der Waals surface area contributed by atoms with Gasteiger partial charge in [0.1, 0.15) is 18.2 Å². The number of carbonyl (C=O) groups excluding carboxylic acids is 2. The highest BCUT2D eigenvalue weighted by Gasteiger charge is 2.35. The van der Waals surface area contributed by atoms with Crippen molar-refractivity contribution in [2.45, 2.75) is 19.4 Å². The second-order valence-corrected chi connectivity index (χ2v) is 8.74. The fourth-order valence-electron chi connectivity index (χ4n) is 4.38. The predicted octanol–water partition coefficient (Wildman–Crippen LogP) is 3.01. The first-order chi connectivity index (χ1) is 17.5. The number of hydrazone groups is 1. The zero-order valence-corrected chi connectivity index (χ0v) is 20.3. The van der Waals surface area contributed by atoms with Crippen LogP contribution in [0.25, 0.3) is 0 Å². The van der Waals surface area contributed by atoms with E-state index in [1.165, 1.54) is 28.1 Å². The minimum absolute atomic E-state index is 0.207. The van der Waals surface area contributed by atoms with E-state index in [-0.39, 0.29) is 24.8 Å². The fourth-order valence-corrected chi connectivity index (χ4v) is 4.38. The third-order valence-corrected chi connectivity index (χ3v) is 6.34. The molecule has 8 nitrogen and oxygen atoms in total. The van der Waals surface area contributed by atoms with Crippen LogP contribution in [0.1, 0.15) is 30.5 Å². The number of hydrogen-bond donors (Lipinski definition) is 1. The molecule has 0 aromatic heterocycles. The molecular formula is C26H31F2N5O3. The monoisotopic (exact) mass is 499 g/mol. The maximum absolute atomic E-state index is 14.7. The lowest BCUT2D eigenvalue weighted by Gasteiger charge is -2.31. The van der Waals surface area contributed by atoms with Gasteiger partial charge in [-0.05, 0) is 30.7 Å². The Hall–Kier alpha value is -3.37. The number of benzene rings is 2. The van der Waals surface area contributed by atoms with Gasteiger partial charge in [-0.1, -0.05) is 30.3 Å². The average molecular weight is 500 g/mol. The highest BCUT2D eigenvalue weighted by atomic mass is 19.1. The van der Waals surface area contributed by atoms with Crippen molar-refractivity contribution < 1.29 is 23.1 Å². The van der Waals surface area contributed by atoms with Crippen LogP contribution in [-0.2, 0) is 9.53 Å². The summed E-state index contributed by atoms with van der Waals surface area (Å²) < 4.78 is 33.6. The van der Waals surface area contributed by atoms with Crippen LogP contribution in [0.2, 0.25) is 0 Å². The van der Waals surface area contributed by atoms with E-state index in [1.807, 2.05) is 6.92 Å². The number of rotatable bonds is 8. The van der Waals surface area contributed by atoms with E-state index < -0.39 is 17.8 Å². The Bertz CT molecular complexity index is 1090. The van der Waals surface area contributed by atoms with Crippen molar-refractivity contribution in [3.05, 3.63) is 71.3 Å². The summed E-state index contributed by atoms with van der Waals surface area (Å²) in [5.74, 6) is -1.24. The Morgan fingerprint density at radius 3 is 2.53 bits per heavy atom. The summed E-state index contributed by atoms with van der Waals surface area (Å²) in [6.07, 6.45) is 0.271. The number of nitrogens with zero attached hydrogens (tertiary/aromatic N) is 4. The summed E-state index contributed by atoms with van der Waals surface area (Å²) in [6.45, 7) is 5.80. The number of ether oxygens (including phenoxy) is 1. The van der Waals surface area contributed by atoms with Crippen molar-refractivity contribution in [2.24, 2.45) is 5.10 Å². The predicted molar refractivity (Wildman–Crippen MR) is 131 cm³/mol. The average Bonchev–Trinajstić information content (AvgIpc) is 3.33. The Kier molecular flexibility index (Phi) is 8.61. The topological polar surface area (TPSA) is 77.5 Å². The lowest BCUT2D eigenvalue weighted by molar-refractivity contribution is -0.133. The maximum Gasteiger partial charge on any atom is 0.317 e. The van der Waals surface area contributed by atoms with Crippen LogP contribution in [0.15, 0.2) is 53.6 Å². The first-order valence-electron chi connectivity index (χ1n) is 12.2.